The van der Waals surface area contributed by atoms with Crippen LogP contribution in [0.15, 0.2) is 0 Å². The van der Waals surface area contributed by atoms with Crippen LogP contribution < -0.4 is 10.6 Å². The Kier molecular flexibility index (Phi) is 2.42. The van der Waals surface area contributed by atoms with E-state index in [9.17, 15) is 0 Å². The maximum absolute atomic E-state index is 5.79. The number of hydrogen-bond acceptors (Lipinski definition) is 4. The van der Waals surface area contributed by atoms with E-state index in [4.69, 9.17) is 5.73 Å². The number of hydrogen-bond donors (Lipinski definition) is 1. The Morgan fingerprint density at radius 3 is 2.56 bits per heavy atom. The van der Waals surface area contributed by atoms with E-state index in [0.29, 0.717) is 5.95 Å². The summed E-state index contributed by atoms with van der Waals surface area (Å²) >= 11 is 0. The minimum absolute atomic E-state index is 0.446. The molecular formula is C12H18N4. The molecule has 86 valence electrons. The number of aromatic nitrogens is 2. The van der Waals surface area contributed by atoms with Crippen LogP contribution in [0.2, 0.25) is 0 Å². The van der Waals surface area contributed by atoms with Gasteiger partial charge in [-0.25, -0.2) is 4.98 Å². The molecule has 1 fully saturated rings. The molecule has 2 aliphatic rings. The van der Waals surface area contributed by atoms with E-state index in [0.717, 1.165) is 31.7 Å². The summed E-state index contributed by atoms with van der Waals surface area (Å²) in [6.45, 7) is 2.26. The van der Waals surface area contributed by atoms with E-state index >= 15 is 0 Å². The van der Waals surface area contributed by atoms with Crippen molar-refractivity contribution in [1.82, 2.24) is 9.97 Å². The average Bonchev–Trinajstić information content (AvgIpc) is 2.77. The van der Waals surface area contributed by atoms with E-state index in [1.807, 2.05) is 0 Å². The first-order valence-corrected chi connectivity index (χ1v) is 6.25. The van der Waals surface area contributed by atoms with Crippen LogP contribution in [0.25, 0.3) is 0 Å². The fourth-order valence-corrected chi connectivity index (χ4v) is 2.80. The molecule has 4 heteroatoms. The van der Waals surface area contributed by atoms with Gasteiger partial charge in [0.2, 0.25) is 5.95 Å². The zero-order valence-corrected chi connectivity index (χ0v) is 9.58. The molecule has 4 nitrogen and oxygen atoms in total. The highest BCUT2D eigenvalue weighted by Crippen LogP contribution is 2.30. The predicted octanol–water partition coefficient (Wildman–Crippen LogP) is 1.54. The summed E-state index contributed by atoms with van der Waals surface area (Å²) in [5, 5.41) is 0. The number of fused-ring (bicyclic) bond motifs is 1. The van der Waals surface area contributed by atoms with Crippen LogP contribution in [0, 0.1) is 0 Å². The van der Waals surface area contributed by atoms with Crippen LogP contribution in [0.4, 0.5) is 11.8 Å². The molecule has 1 aromatic rings. The van der Waals surface area contributed by atoms with Gasteiger partial charge in [0, 0.05) is 18.7 Å². The fourth-order valence-electron chi connectivity index (χ4n) is 2.80. The Balaban J connectivity index is 1.99. The van der Waals surface area contributed by atoms with Crippen LogP contribution in [0.3, 0.4) is 0 Å². The first-order chi connectivity index (χ1) is 7.84. The summed E-state index contributed by atoms with van der Waals surface area (Å²) in [5.41, 5.74) is 8.33. The van der Waals surface area contributed by atoms with Crippen molar-refractivity contribution in [3.8, 4) is 0 Å². The second-order valence-corrected chi connectivity index (χ2v) is 4.73. The van der Waals surface area contributed by atoms with Gasteiger partial charge in [0.15, 0.2) is 0 Å². The molecule has 0 bridgehead atoms. The highest BCUT2D eigenvalue weighted by molar-refractivity contribution is 5.53. The van der Waals surface area contributed by atoms with Crippen LogP contribution in [0.5, 0.6) is 0 Å². The molecule has 2 heterocycles. The number of piperidine rings is 1. The zero-order chi connectivity index (χ0) is 11.0. The van der Waals surface area contributed by atoms with Gasteiger partial charge in [-0.2, -0.15) is 4.98 Å². The lowest BCUT2D eigenvalue weighted by molar-refractivity contribution is 0.571. The van der Waals surface area contributed by atoms with Crippen LogP contribution >= 0.6 is 0 Å². The van der Waals surface area contributed by atoms with Gasteiger partial charge in [0.05, 0.1) is 5.69 Å². The molecule has 2 N–H and O–H groups in total. The monoisotopic (exact) mass is 218 g/mol. The predicted molar refractivity (Wildman–Crippen MR) is 64.5 cm³/mol. The smallest absolute Gasteiger partial charge is 0.222 e. The van der Waals surface area contributed by atoms with E-state index < -0.39 is 0 Å². The third-order valence-corrected chi connectivity index (χ3v) is 3.58. The highest BCUT2D eigenvalue weighted by Gasteiger charge is 2.23. The molecule has 16 heavy (non-hydrogen) atoms. The largest absolute Gasteiger partial charge is 0.368 e. The molecule has 3 rings (SSSR count). The van der Waals surface area contributed by atoms with Gasteiger partial charge >= 0.3 is 0 Å². The molecule has 0 aromatic carbocycles. The van der Waals surface area contributed by atoms with Crippen LogP contribution in [-0.4, -0.2) is 23.1 Å². The fraction of sp³-hybridized carbons (Fsp3) is 0.667. The molecule has 0 unspecified atom stereocenters. The standard InChI is InChI=1S/C12H18N4/c13-12-14-10-6-4-5-9(10)11(15-12)16-7-2-1-3-8-16/h1-8H2,(H2,13,14,15). The normalized spacial score (nSPS) is 19.9. The van der Waals surface area contributed by atoms with Crippen molar-refractivity contribution in [2.24, 2.45) is 0 Å². The number of nitrogens with zero attached hydrogens (tertiary/aromatic N) is 3. The maximum atomic E-state index is 5.79. The van der Waals surface area contributed by atoms with Gasteiger partial charge in [0.1, 0.15) is 5.82 Å². The first kappa shape index (κ1) is 9.87. The van der Waals surface area contributed by atoms with E-state index in [2.05, 4.69) is 14.9 Å². The summed E-state index contributed by atoms with van der Waals surface area (Å²) in [4.78, 5) is 11.2. The molecule has 1 aliphatic heterocycles. The quantitative estimate of drug-likeness (QED) is 0.776. The molecular weight excluding hydrogens is 200 g/mol. The molecule has 1 aromatic heterocycles. The van der Waals surface area contributed by atoms with Crippen molar-refractivity contribution in [3.05, 3.63) is 11.3 Å². The highest BCUT2D eigenvalue weighted by atomic mass is 15.2. The van der Waals surface area contributed by atoms with Gasteiger partial charge < -0.3 is 10.6 Å². The molecule has 0 spiro atoms. The lowest BCUT2D eigenvalue weighted by Gasteiger charge is -2.29. The Hall–Kier alpha value is -1.32. The van der Waals surface area contributed by atoms with Gasteiger partial charge in [-0.15, -0.1) is 0 Å². The van der Waals surface area contributed by atoms with Crippen molar-refractivity contribution in [2.45, 2.75) is 38.5 Å². The maximum Gasteiger partial charge on any atom is 0.222 e. The summed E-state index contributed by atoms with van der Waals surface area (Å²) in [7, 11) is 0. The number of anilines is 2. The molecule has 0 radical (unpaired) electrons. The lowest BCUT2D eigenvalue weighted by atomic mass is 10.1. The summed E-state index contributed by atoms with van der Waals surface area (Å²) in [6.07, 6.45) is 7.30. The molecule has 0 saturated carbocycles. The van der Waals surface area contributed by atoms with Gasteiger partial charge in [0.25, 0.3) is 0 Å². The average molecular weight is 218 g/mol. The van der Waals surface area contributed by atoms with Gasteiger partial charge in [-0.1, -0.05) is 0 Å². The van der Waals surface area contributed by atoms with E-state index in [1.54, 1.807) is 0 Å². The van der Waals surface area contributed by atoms with Crippen molar-refractivity contribution >= 4 is 11.8 Å². The summed E-state index contributed by atoms with van der Waals surface area (Å²) in [5.74, 6) is 1.57. The zero-order valence-electron chi connectivity index (χ0n) is 9.58. The van der Waals surface area contributed by atoms with Crippen LogP contribution in [0.1, 0.15) is 36.9 Å². The minimum Gasteiger partial charge on any atom is -0.368 e. The SMILES string of the molecule is Nc1nc2c(c(N3CCCCC3)n1)CCC2. The van der Waals surface area contributed by atoms with E-state index in [1.165, 1.54) is 36.9 Å². The van der Waals surface area contributed by atoms with Crippen molar-refractivity contribution in [2.75, 3.05) is 23.7 Å². The van der Waals surface area contributed by atoms with Crippen molar-refractivity contribution < 1.29 is 0 Å². The number of aryl methyl sites for hydroxylation is 1. The summed E-state index contributed by atoms with van der Waals surface area (Å²) < 4.78 is 0. The van der Waals surface area contributed by atoms with Crippen molar-refractivity contribution in [1.29, 1.82) is 0 Å². The Morgan fingerprint density at radius 1 is 0.938 bits per heavy atom. The molecule has 0 atom stereocenters. The second-order valence-electron chi connectivity index (χ2n) is 4.73. The van der Waals surface area contributed by atoms with Gasteiger partial charge in [-0.3, -0.25) is 0 Å². The Labute approximate surface area is 95.9 Å². The second kappa shape index (κ2) is 3.92. The Morgan fingerprint density at radius 2 is 1.75 bits per heavy atom. The molecule has 1 aliphatic carbocycles. The van der Waals surface area contributed by atoms with Crippen molar-refractivity contribution in [3.63, 3.8) is 0 Å². The summed E-state index contributed by atoms with van der Waals surface area (Å²) in [6, 6.07) is 0. The van der Waals surface area contributed by atoms with E-state index in [-0.39, 0.29) is 0 Å². The first-order valence-electron chi connectivity index (χ1n) is 6.25. The topological polar surface area (TPSA) is 55.0 Å². The van der Waals surface area contributed by atoms with Gasteiger partial charge in [-0.05, 0) is 38.5 Å². The third-order valence-electron chi connectivity index (χ3n) is 3.58. The van der Waals surface area contributed by atoms with Crippen LogP contribution in [-0.2, 0) is 12.8 Å². The molecule has 1 saturated heterocycles. The minimum atomic E-state index is 0.446. The number of nitrogen functional groups attached to an aromatic ring is 1. The molecule has 0 amide bonds. The Bertz CT molecular complexity index is 396. The number of nitrogens with two attached hydrogens (primary N) is 1. The third kappa shape index (κ3) is 1.62. The lowest BCUT2D eigenvalue weighted by Crippen LogP contribution is -2.31. The number of rotatable bonds is 1.